The summed E-state index contributed by atoms with van der Waals surface area (Å²) in [7, 11) is 1.77. The van der Waals surface area contributed by atoms with Gasteiger partial charge in [0.2, 0.25) is 0 Å². The minimum absolute atomic E-state index is 0.143. The zero-order chi connectivity index (χ0) is 17.8. The Balaban J connectivity index is 1.83. The average Bonchev–Trinajstić information content (AvgIpc) is 2.60. The van der Waals surface area contributed by atoms with E-state index in [1.54, 1.807) is 7.11 Å². The van der Waals surface area contributed by atoms with Crippen LogP contribution in [0.25, 0.3) is 0 Å². The van der Waals surface area contributed by atoms with Crippen LogP contribution in [0.15, 0.2) is 41.3 Å². The molecule has 0 bridgehead atoms. The first-order chi connectivity index (χ1) is 11.9. The molecule has 0 saturated heterocycles. The van der Waals surface area contributed by atoms with Crippen LogP contribution >= 0.6 is 11.8 Å². The lowest BCUT2D eigenvalue weighted by Gasteiger charge is -2.49. The van der Waals surface area contributed by atoms with Gasteiger partial charge in [-0.2, -0.15) is 0 Å². The standard InChI is InChI=1S/C22H27NOS/c1-13(2)14-9-10-18-16(11-14)22(3,4)17-12-25-21-15(20(17)23-18)7-6-8-19(21)24-5/h6-11,13,17,20,23H,12H2,1-5H3/t17-,20+/m1/s1. The molecule has 132 valence electrons. The van der Waals surface area contributed by atoms with Crippen molar-refractivity contribution >= 4 is 17.4 Å². The zero-order valence-corrected chi connectivity index (χ0v) is 16.5. The van der Waals surface area contributed by atoms with E-state index in [9.17, 15) is 0 Å². The molecule has 2 aliphatic heterocycles. The molecule has 0 fully saturated rings. The normalized spacial score (nSPS) is 23.3. The number of ether oxygens (including phenoxy) is 1. The van der Waals surface area contributed by atoms with Gasteiger partial charge in [-0.05, 0) is 40.2 Å². The Labute approximate surface area is 155 Å². The average molecular weight is 354 g/mol. The van der Waals surface area contributed by atoms with Gasteiger partial charge in [0.1, 0.15) is 5.75 Å². The fourth-order valence-electron chi connectivity index (χ4n) is 4.33. The van der Waals surface area contributed by atoms with Crippen LogP contribution in [0.4, 0.5) is 5.69 Å². The summed E-state index contributed by atoms with van der Waals surface area (Å²) in [4.78, 5) is 1.30. The monoisotopic (exact) mass is 353 g/mol. The van der Waals surface area contributed by atoms with Crippen LogP contribution in [0.2, 0.25) is 0 Å². The summed E-state index contributed by atoms with van der Waals surface area (Å²) in [6, 6.07) is 13.8. The molecule has 3 heteroatoms. The number of hydrogen-bond donors (Lipinski definition) is 1. The molecule has 2 heterocycles. The maximum absolute atomic E-state index is 5.61. The molecule has 2 nitrogen and oxygen atoms in total. The first-order valence-corrected chi connectivity index (χ1v) is 10.1. The molecule has 0 amide bonds. The van der Waals surface area contributed by atoms with Gasteiger partial charge in [0.15, 0.2) is 0 Å². The van der Waals surface area contributed by atoms with Crippen LogP contribution < -0.4 is 10.1 Å². The fourth-order valence-corrected chi connectivity index (χ4v) is 5.94. The van der Waals surface area contributed by atoms with Crippen molar-refractivity contribution in [3.8, 4) is 5.75 Å². The third-order valence-electron chi connectivity index (χ3n) is 6.02. The van der Waals surface area contributed by atoms with Gasteiger partial charge >= 0.3 is 0 Å². The van der Waals surface area contributed by atoms with E-state index in [0.29, 0.717) is 17.9 Å². The lowest BCUT2D eigenvalue weighted by molar-refractivity contribution is 0.291. The molecule has 0 spiro atoms. The number of rotatable bonds is 2. The van der Waals surface area contributed by atoms with E-state index >= 15 is 0 Å². The van der Waals surface area contributed by atoms with Crippen LogP contribution in [-0.4, -0.2) is 12.9 Å². The molecule has 0 aromatic heterocycles. The number of anilines is 1. The lowest BCUT2D eigenvalue weighted by Crippen LogP contribution is -2.44. The summed E-state index contributed by atoms with van der Waals surface area (Å²) < 4.78 is 5.61. The smallest absolute Gasteiger partial charge is 0.132 e. The second-order valence-electron chi connectivity index (χ2n) is 8.10. The highest BCUT2D eigenvalue weighted by molar-refractivity contribution is 7.99. The highest BCUT2D eigenvalue weighted by Gasteiger charge is 2.46. The fraction of sp³-hybridized carbons (Fsp3) is 0.455. The second-order valence-corrected chi connectivity index (χ2v) is 9.13. The molecular formula is C22H27NOS. The number of benzene rings is 2. The Hall–Kier alpha value is -1.61. The van der Waals surface area contributed by atoms with Gasteiger partial charge < -0.3 is 10.1 Å². The molecule has 2 aromatic carbocycles. The number of thioether (sulfide) groups is 1. The maximum atomic E-state index is 5.61. The van der Waals surface area contributed by atoms with Crippen LogP contribution in [-0.2, 0) is 5.41 Å². The molecule has 0 aliphatic carbocycles. The molecule has 4 rings (SSSR count). The van der Waals surface area contributed by atoms with Crippen molar-refractivity contribution in [3.05, 3.63) is 53.1 Å². The Kier molecular flexibility index (Phi) is 4.03. The molecule has 2 aromatic rings. The second kappa shape index (κ2) is 5.98. The summed E-state index contributed by atoms with van der Waals surface area (Å²) in [5.74, 6) is 3.24. The van der Waals surface area contributed by atoms with Crippen molar-refractivity contribution in [1.82, 2.24) is 0 Å². The van der Waals surface area contributed by atoms with Gasteiger partial charge in [-0.1, -0.05) is 52.0 Å². The zero-order valence-electron chi connectivity index (χ0n) is 15.7. The Bertz CT molecular complexity index is 812. The van der Waals surface area contributed by atoms with Gasteiger partial charge in [0, 0.05) is 17.4 Å². The third-order valence-corrected chi connectivity index (χ3v) is 7.27. The van der Waals surface area contributed by atoms with Crippen molar-refractivity contribution in [2.45, 2.75) is 50.0 Å². The van der Waals surface area contributed by atoms with Crippen LogP contribution in [0.1, 0.15) is 56.3 Å². The van der Waals surface area contributed by atoms with Gasteiger partial charge in [0.05, 0.1) is 18.0 Å². The van der Waals surface area contributed by atoms with Crippen molar-refractivity contribution in [2.24, 2.45) is 5.92 Å². The molecule has 2 atom stereocenters. The summed E-state index contributed by atoms with van der Waals surface area (Å²) in [6.45, 7) is 9.37. The number of nitrogens with one attached hydrogen (secondary N) is 1. The molecule has 2 aliphatic rings. The van der Waals surface area contributed by atoms with Crippen LogP contribution in [0.3, 0.4) is 0 Å². The maximum Gasteiger partial charge on any atom is 0.132 e. The minimum atomic E-state index is 0.143. The lowest BCUT2D eigenvalue weighted by atomic mass is 9.66. The first kappa shape index (κ1) is 16.8. The molecule has 0 saturated carbocycles. The van der Waals surface area contributed by atoms with E-state index in [1.807, 2.05) is 11.8 Å². The van der Waals surface area contributed by atoms with Gasteiger partial charge in [-0.15, -0.1) is 11.8 Å². The first-order valence-electron chi connectivity index (χ1n) is 9.14. The summed E-state index contributed by atoms with van der Waals surface area (Å²) in [5.41, 5.74) is 5.71. The van der Waals surface area contributed by atoms with Crippen molar-refractivity contribution in [3.63, 3.8) is 0 Å². The Morgan fingerprint density at radius 2 is 2.00 bits per heavy atom. The van der Waals surface area contributed by atoms with Gasteiger partial charge in [0.25, 0.3) is 0 Å². The number of hydrogen-bond acceptors (Lipinski definition) is 3. The molecule has 0 radical (unpaired) electrons. The van der Waals surface area contributed by atoms with E-state index in [1.165, 1.54) is 27.3 Å². The van der Waals surface area contributed by atoms with Crippen molar-refractivity contribution in [2.75, 3.05) is 18.2 Å². The van der Waals surface area contributed by atoms with Crippen molar-refractivity contribution < 1.29 is 4.74 Å². The highest BCUT2D eigenvalue weighted by atomic mass is 32.2. The molecule has 25 heavy (non-hydrogen) atoms. The third kappa shape index (κ3) is 2.55. The summed E-state index contributed by atoms with van der Waals surface area (Å²) in [5, 5.41) is 3.86. The van der Waals surface area contributed by atoms with E-state index in [2.05, 4.69) is 69.4 Å². The van der Waals surface area contributed by atoms with Gasteiger partial charge in [-0.25, -0.2) is 0 Å². The van der Waals surface area contributed by atoms with E-state index < -0.39 is 0 Å². The van der Waals surface area contributed by atoms with Crippen LogP contribution in [0, 0.1) is 5.92 Å². The van der Waals surface area contributed by atoms with E-state index in [0.717, 1.165) is 11.5 Å². The predicted molar refractivity (Wildman–Crippen MR) is 107 cm³/mol. The quantitative estimate of drug-likeness (QED) is 0.717. The largest absolute Gasteiger partial charge is 0.496 e. The Morgan fingerprint density at radius 1 is 1.20 bits per heavy atom. The minimum Gasteiger partial charge on any atom is -0.496 e. The number of methoxy groups -OCH3 is 1. The predicted octanol–water partition coefficient (Wildman–Crippen LogP) is 5.98. The Morgan fingerprint density at radius 3 is 2.72 bits per heavy atom. The molecule has 1 N–H and O–H groups in total. The van der Waals surface area contributed by atoms with Gasteiger partial charge in [-0.3, -0.25) is 0 Å². The van der Waals surface area contributed by atoms with E-state index in [-0.39, 0.29) is 5.41 Å². The summed E-state index contributed by atoms with van der Waals surface area (Å²) >= 11 is 1.95. The number of fused-ring (bicyclic) bond motifs is 4. The topological polar surface area (TPSA) is 21.3 Å². The van der Waals surface area contributed by atoms with Crippen molar-refractivity contribution in [1.29, 1.82) is 0 Å². The SMILES string of the molecule is COc1cccc2c1SC[C@@H]1[C@H]2Nc2ccc(C(C)C)cc2C1(C)C. The highest BCUT2D eigenvalue weighted by Crippen LogP contribution is 2.55. The summed E-state index contributed by atoms with van der Waals surface area (Å²) in [6.07, 6.45) is 0. The van der Waals surface area contributed by atoms with E-state index in [4.69, 9.17) is 4.74 Å². The van der Waals surface area contributed by atoms with Crippen LogP contribution in [0.5, 0.6) is 5.75 Å². The molecule has 0 unspecified atom stereocenters. The molecular weight excluding hydrogens is 326 g/mol.